The Balaban J connectivity index is 1.80. The minimum atomic E-state index is -5.11. The topological polar surface area (TPSA) is 109 Å². The van der Waals surface area contributed by atoms with Crippen LogP contribution in [0.5, 0.6) is 0 Å². The molecule has 1 aromatic heterocycles. The van der Waals surface area contributed by atoms with Gasteiger partial charge in [-0.3, -0.25) is 19.6 Å². The molecular formula is C29H34F5N5O4Si. The molecule has 3 aromatic rings. The molecule has 44 heavy (non-hydrogen) atoms. The molecule has 0 saturated carbocycles. The summed E-state index contributed by atoms with van der Waals surface area (Å²) < 4.78 is 79.8. The highest BCUT2D eigenvalue weighted by molar-refractivity contribution is 6.74. The minimum absolute atomic E-state index is 0.0188. The molecule has 2 heterocycles. The third-order valence-corrected chi connectivity index (χ3v) is 12.8. The molecule has 2 amide bonds. The van der Waals surface area contributed by atoms with Crippen LogP contribution in [-0.2, 0) is 20.9 Å². The lowest BCUT2D eigenvalue weighted by Gasteiger charge is -2.39. The quantitative estimate of drug-likeness (QED) is 0.230. The van der Waals surface area contributed by atoms with Gasteiger partial charge in [-0.05, 0) is 50.2 Å². The SMILES string of the molecule is Cc1nc2ccc(F)c(C(F)(F)F)c2n1-c1cccc([C@]2(C)CC(=O)N(CCO[Si](C)(C)C(C)(C)C)C(NC(=O)O)=N2)c1F. The first kappa shape index (κ1) is 33.0. The van der Waals surface area contributed by atoms with E-state index in [9.17, 15) is 32.3 Å². The second-order valence-electron chi connectivity index (χ2n) is 12.4. The van der Waals surface area contributed by atoms with Crippen molar-refractivity contribution in [1.82, 2.24) is 19.8 Å². The maximum atomic E-state index is 16.4. The van der Waals surface area contributed by atoms with E-state index in [0.717, 1.165) is 15.5 Å². The number of hydrogen-bond acceptors (Lipinski definition) is 5. The van der Waals surface area contributed by atoms with Crippen molar-refractivity contribution in [1.29, 1.82) is 0 Å². The Kier molecular flexibility index (Phi) is 8.45. The number of nitrogens with zero attached hydrogens (tertiary/aromatic N) is 4. The van der Waals surface area contributed by atoms with Gasteiger partial charge in [0.25, 0.3) is 0 Å². The van der Waals surface area contributed by atoms with Crippen LogP contribution in [0, 0.1) is 18.6 Å². The van der Waals surface area contributed by atoms with Crippen molar-refractivity contribution in [2.45, 2.75) is 70.9 Å². The number of fused-ring (bicyclic) bond motifs is 1. The molecule has 0 saturated heterocycles. The summed E-state index contributed by atoms with van der Waals surface area (Å²) in [5, 5.41) is 11.5. The van der Waals surface area contributed by atoms with Gasteiger partial charge < -0.3 is 9.53 Å². The van der Waals surface area contributed by atoms with Crippen molar-refractivity contribution in [3.05, 3.63) is 58.9 Å². The lowest BCUT2D eigenvalue weighted by molar-refractivity contribution is -0.138. The predicted octanol–water partition coefficient (Wildman–Crippen LogP) is 6.72. The van der Waals surface area contributed by atoms with Crippen LogP contribution in [0.2, 0.25) is 18.1 Å². The van der Waals surface area contributed by atoms with Crippen molar-refractivity contribution in [2.75, 3.05) is 13.2 Å². The molecule has 9 nitrogen and oxygen atoms in total. The number of rotatable bonds is 6. The van der Waals surface area contributed by atoms with Crippen LogP contribution in [-0.4, -0.2) is 59.0 Å². The molecule has 0 aliphatic carbocycles. The molecule has 0 spiro atoms. The largest absolute Gasteiger partial charge is 0.465 e. The Labute approximate surface area is 251 Å². The van der Waals surface area contributed by atoms with Gasteiger partial charge in [0, 0.05) is 5.56 Å². The molecule has 1 atom stereocenters. The van der Waals surface area contributed by atoms with Gasteiger partial charge in [-0.15, -0.1) is 0 Å². The number of amides is 2. The smallest absolute Gasteiger partial charge is 0.421 e. The number of hydrogen-bond donors (Lipinski definition) is 2. The first-order valence-corrected chi connectivity index (χ1v) is 16.7. The number of aryl methyl sites for hydroxylation is 1. The minimum Gasteiger partial charge on any atom is -0.465 e. The molecule has 0 fully saturated rings. The van der Waals surface area contributed by atoms with Crippen LogP contribution in [0.4, 0.5) is 26.7 Å². The van der Waals surface area contributed by atoms with Crippen LogP contribution < -0.4 is 5.32 Å². The van der Waals surface area contributed by atoms with Gasteiger partial charge >= 0.3 is 12.3 Å². The fraction of sp³-hybridized carbons (Fsp3) is 0.448. The molecule has 238 valence electrons. The second-order valence-corrected chi connectivity index (χ2v) is 17.2. The Hall–Kier alpha value is -3.85. The number of carbonyl (C=O) groups is 2. The Morgan fingerprint density at radius 2 is 1.82 bits per heavy atom. The summed E-state index contributed by atoms with van der Waals surface area (Å²) in [5.41, 5.74) is -4.67. The summed E-state index contributed by atoms with van der Waals surface area (Å²) >= 11 is 0. The normalized spacial score (nSPS) is 18.1. The van der Waals surface area contributed by atoms with Crippen molar-refractivity contribution < 1.29 is 41.1 Å². The van der Waals surface area contributed by atoms with E-state index in [1.165, 1.54) is 32.0 Å². The zero-order chi connectivity index (χ0) is 33.0. The average molecular weight is 640 g/mol. The average Bonchev–Trinajstić information content (AvgIpc) is 3.19. The number of carbonyl (C=O) groups excluding carboxylic acids is 1. The van der Waals surface area contributed by atoms with Crippen molar-refractivity contribution in [3.63, 3.8) is 0 Å². The molecule has 0 bridgehead atoms. The fourth-order valence-electron chi connectivity index (χ4n) is 4.96. The highest BCUT2D eigenvalue weighted by atomic mass is 28.4. The fourth-order valence-corrected chi connectivity index (χ4v) is 5.99. The number of aliphatic imine (C=N–C) groups is 1. The summed E-state index contributed by atoms with van der Waals surface area (Å²) in [6.07, 6.45) is -7.00. The van der Waals surface area contributed by atoms with E-state index in [1.807, 2.05) is 33.9 Å². The standard InChI is InChI=1S/C29H34F5N5O4Si/c1-16-35-19-12-11-18(30)22(29(32,33)34)24(19)39(16)20-10-8-9-17(23(20)31)28(5)15-21(40)38(25(37-28)36-26(41)42)13-14-43-44(6,7)27(2,3)4/h8-12H,13-15H2,1-7H3,(H,36,37)(H,41,42)/t28-/m0/s1. The van der Waals surface area contributed by atoms with Crippen LogP contribution >= 0.6 is 0 Å². The number of alkyl halides is 3. The number of imidazole rings is 1. The molecule has 0 radical (unpaired) electrons. The lowest BCUT2D eigenvalue weighted by atomic mass is 9.86. The van der Waals surface area contributed by atoms with Gasteiger partial charge in [0.2, 0.25) is 11.9 Å². The van der Waals surface area contributed by atoms with E-state index in [2.05, 4.69) is 15.3 Å². The number of benzene rings is 2. The molecule has 0 unspecified atom stereocenters. The summed E-state index contributed by atoms with van der Waals surface area (Å²) in [5.74, 6) is -3.53. The maximum Gasteiger partial charge on any atom is 0.421 e. The summed E-state index contributed by atoms with van der Waals surface area (Å²) in [4.78, 5) is 34.7. The highest BCUT2D eigenvalue weighted by Crippen LogP contribution is 2.41. The van der Waals surface area contributed by atoms with E-state index < -0.39 is 54.7 Å². The van der Waals surface area contributed by atoms with Crippen LogP contribution in [0.25, 0.3) is 16.7 Å². The van der Waals surface area contributed by atoms with Crippen molar-refractivity contribution in [3.8, 4) is 5.69 Å². The van der Waals surface area contributed by atoms with E-state index in [0.29, 0.717) is 6.07 Å². The molecule has 1 aliphatic rings. The third kappa shape index (κ3) is 6.07. The summed E-state index contributed by atoms with van der Waals surface area (Å²) in [7, 11) is -2.20. The lowest BCUT2D eigenvalue weighted by Crippen LogP contribution is -2.54. The van der Waals surface area contributed by atoms with Gasteiger partial charge in [-0.2, -0.15) is 13.2 Å². The first-order valence-electron chi connectivity index (χ1n) is 13.8. The van der Waals surface area contributed by atoms with Crippen LogP contribution in [0.15, 0.2) is 35.3 Å². The van der Waals surface area contributed by atoms with E-state index in [1.54, 1.807) is 0 Å². The zero-order valence-electron chi connectivity index (χ0n) is 25.4. The summed E-state index contributed by atoms with van der Waals surface area (Å²) in [6.45, 7) is 13.1. The molecule has 4 rings (SSSR count). The van der Waals surface area contributed by atoms with Crippen molar-refractivity contribution in [2.24, 2.45) is 4.99 Å². The number of nitrogens with one attached hydrogen (secondary N) is 1. The Morgan fingerprint density at radius 1 is 1.16 bits per heavy atom. The van der Waals surface area contributed by atoms with Crippen LogP contribution in [0.1, 0.15) is 51.1 Å². The van der Waals surface area contributed by atoms with Gasteiger partial charge in [0.05, 0.1) is 41.8 Å². The number of aromatic nitrogens is 2. The second kappa shape index (κ2) is 11.3. The van der Waals surface area contributed by atoms with Gasteiger partial charge in [-0.1, -0.05) is 32.9 Å². The maximum absolute atomic E-state index is 16.4. The molecular weight excluding hydrogens is 605 g/mol. The molecule has 2 N–H and O–H groups in total. The number of guanidine groups is 1. The molecule has 15 heteroatoms. The molecule has 1 aliphatic heterocycles. The van der Waals surface area contributed by atoms with Gasteiger partial charge in [-0.25, -0.2) is 23.6 Å². The van der Waals surface area contributed by atoms with Crippen LogP contribution in [0.3, 0.4) is 0 Å². The summed E-state index contributed by atoms with van der Waals surface area (Å²) in [6, 6.07) is 5.60. The van der Waals surface area contributed by atoms with Gasteiger partial charge in [0.15, 0.2) is 14.1 Å². The number of halogens is 5. The Bertz CT molecular complexity index is 1660. The van der Waals surface area contributed by atoms with Gasteiger partial charge in [0.1, 0.15) is 17.2 Å². The zero-order valence-corrected chi connectivity index (χ0v) is 26.4. The van der Waals surface area contributed by atoms with E-state index >= 15 is 4.39 Å². The molecule has 2 aromatic carbocycles. The monoisotopic (exact) mass is 639 g/mol. The number of carboxylic acid groups (broad SMARTS) is 1. The predicted molar refractivity (Wildman–Crippen MR) is 156 cm³/mol. The van der Waals surface area contributed by atoms with E-state index in [4.69, 9.17) is 4.43 Å². The van der Waals surface area contributed by atoms with E-state index in [-0.39, 0.29) is 53.2 Å². The van der Waals surface area contributed by atoms with Crippen molar-refractivity contribution >= 4 is 37.3 Å². The Morgan fingerprint density at radius 3 is 2.41 bits per heavy atom. The first-order chi connectivity index (χ1) is 20.2. The third-order valence-electron chi connectivity index (χ3n) is 8.23. The highest BCUT2D eigenvalue weighted by Gasteiger charge is 2.43.